The first kappa shape index (κ1) is 55.4. The van der Waals surface area contributed by atoms with Gasteiger partial charge in [-0.15, -0.1) is 0 Å². The van der Waals surface area contributed by atoms with E-state index in [2.05, 4.69) is 44.9 Å². The lowest BCUT2D eigenvalue weighted by atomic mass is 10.1. The number of hydrogen-bond donors (Lipinski definition) is 3. The predicted molar refractivity (Wildman–Crippen MR) is 273 cm³/mol. The summed E-state index contributed by atoms with van der Waals surface area (Å²) in [7, 11) is -4.10. The Morgan fingerprint density at radius 3 is 2.31 bits per heavy atom. The lowest BCUT2D eigenvalue weighted by molar-refractivity contribution is -0.119. The average Bonchev–Trinajstić information content (AvgIpc) is 4.01. The zero-order valence-electron chi connectivity index (χ0n) is 41.6. The van der Waals surface area contributed by atoms with E-state index in [1.54, 1.807) is 10.8 Å². The number of Topliss-reactive ketones (excluding diaryl/α,β-unsaturated/α-hetero) is 1. The topological polar surface area (TPSA) is 253 Å². The number of alkyl halides is 1. The molecule has 29 heteroatoms. The van der Waals surface area contributed by atoms with Crippen LogP contribution in [0.5, 0.6) is 0 Å². The molecule has 4 aromatic rings. The molecule has 2 unspecified atom stereocenters. The van der Waals surface area contributed by atoms with Gasteiger partial charge in [0.15, 0.2) is 43.9 Å². The highest BCUT2D eigenvalue weighted by Crippen LogP contribution is 2.55. The van der Waals surface area contributed by atoms with Gasteiger partial charge >= 0.3 is 19.5 Å². The number of rotatable bonds is 15. The van der Waals surface area contributed by atoms with E-state index >= 15 is 4.39 Å². The molecule has 4 aromatic heterocycles. The van der Waals surface area contributed by atoms with Crippen LogP contribution in [-0.2, 0) is 89.3 Å². The van der Waals surface area contributed by atoms with Crippen molar-refractivity contribution in [1.82, 2.24) is 39.0 Å². The first-order chi connectivity index (χ1) is 33.8. The Balaban J connectivity index is 0.995. The summed E-state index contributed by atoms with van der Waals surface area (Å²) < 4.78 is 76.3. The van der Waals surface area contributed by atoms with E-state index in [0.29, 0.717) is 12.3 Å². The highest BCUT2D eigenvalue weighted by molar-refractivity contribution is 8.07. The van der Waals surface area contributed by atoms with Crippen LogP contribution in [0.25, 0.3) is 22.2 Å². The Bertz CT molecular complexity index is 2800. The van der Waals surface area contributed by atoms with E-state index in [9.17, 15) is 24.2 Å². The number of amides is 1. The van der Waals surface area contributed by atoms with Gasteiger partial charge in [0.25, 0.3) is 5.56 Å². The second-order valence-electron chi connectivity index (χ2n) is 21.1. The number of hydrogen-bond acceptors (Lipinski definition) is 18. The molecule has 1 aliphatic carbocycles. The Hall–Kier alpha value is -2.83. The standard InChI is InChI=1S/C43H65FN8O14P2S2Si2/c1-43(2,3)72(7,8)66-35-30-22-61-67(56,69)64-34-29(62-40(32(34)44)51-20-26-11-9-10-12-28-31(26)37(51)47-23-46-28)21-60-68(57,70)65-36(35)41(63-30)52-25-48-33-38(52)49-24-50(39(33)54)14-16-58-15-13-27(53)19-45-42(55)59-17-18-71(4,5)6/h20,23-25,29-30,32,34-36,40-41H,9-19,21-22H2,1-8H3,(H,45,55)(H,56,69)(H,57,70)/t29-,30-,32-,34-,35-,36-,40-,41-,67?,68?/m1/s1. The first-order valence-electron chi connectivity index (χ1n) is 24.0. The number of halogens is 1. The van der Waals surface area contributed by atoms with E-state index in [4.69, 9.17) is 65.1 Å². The van der Waals surface area contributed by atoms with Crippen LogP contribution in [-0.4, -0.2) is 148 Å². The van der Waals surface area contributed by atoms with Gasteiger partial charge in [0.2, 0.25) is 0 Å². The molecule has 2 bridgehead atoms. The zero-order valence-corrected chi connectivity index (χ0v) is 47.1. The summed E-state index contributed by atoms with van der Waals surface area (Å²) in [6.45, 7) is 7.29. The second kappa shape index (κ2) is 22.0. The van der Waals surface area contributed by atoms with Gasteiger partial charge in [-0.2, -0.15) is 0 Å². The van der Waals surface area contributed by atoms with Crippen molar-refractivity contribution in [3.8, 4) is 0 Å². The quantitative estimate of drug-likeness (QED) is 0.0730. The normalized spacial score (nSPS) is 29.5. The highest BCUT2D eigenvalue weighted by Gasteiger charge is 2.56. The van der Waals surface area contributed by atoms with Gasteiger partial charge in [0.05, 0.1) is 58.1 Å². The SMILES string of the molecule is CC(C)(C)[Si](C)(C)O[C@H]1[C@H]2OP(O)(=S)OC[C@H]3O[C@@H](n4cc5c6c(ncnc64)CCCC5)[C@H](F)[C@@H]3OP(O)(=S)OC[C@H]1O[C@H]2n1cnc2c(=O)n(CCOCCC(=O)CNC(=O)OCC[Si](C)(C)C)cnc21. The number of carbonyl (C=O) groups excluding carboxylic acids is 2. The maximum absolute atomic E-state index is 16.9. The summed E-state index contributed by atoms with van der Waals surface area (Å²) in [4.78, 5) is 79.7. The van der Waals surface area contributed by atoms with Crippen molar-refractivity contribution in [2.45, 2.75) is 152 Å². The van der Waals surface area contributed by atoms with Gasteiger partial charge in [-0.1, -0.05) is 40.4 Å². The van der Waals surface area contributed by atoms with Crippen molar-refractivity contribution in [1.29, 1.82) is 0 Å². The molecule has 0 radical (unpaired) electrons. The summed E-state index contributed by atoms with van der Waals surface area (Å²) in [6, 6.07) is 0.818. The van der Waals surface area contributed by atoms with Crippen LogP contribution < -0.4 is 10.9 Å². The number of aromatic nitrogens is 7. The number of ketones is 1. The van der Waals surface area contributed by atoms with Crippen LogP contribution in [0.15, 0.2) is 30.0 Å². The average molecular weight is 1120 g/mol. The molecule has 10 atom stereocenters. The molecular formula is C43H65FN8O14P2S2Si2. The Kier molecular flexibility index (Phi) is 17.0. The fraction of sp³-hybridized carbons (Fsp3) is 0.698. The third-order valence-corrected chi connectivity index (χ3v) is 22.9. The number of carbonyl (C=O) groups is 2. The molecule has 72 heavy (non-hydrogen) atoms. The first-order valence-corrected chi connectivity index (χ1v) is 35.8. The third kappa shape index (κ3) is 12.7. The van der Waals surface area contributed by atoms with E-state index in [1.807, 2.05) is 33.9 Å². The third-order valence-electron chi connectivity index (χ3n) is 13.6. The van der Waals surface area contributed by atoms with E-state index < -0.39 is 104 Å². The highest BCUT2D eigenvalue weighted by atomic mass is 32.5. The van der Waals surface area contributed by atoms with E-state index in [1.165, 1.54) is 28.1 Å². The van der Waals surface area contributed by atoms with E-state index in [0.717, 1.165) is 48.4 Å². The van der Waals surface area contributed by atoms with Gasteiger partial charge in [0, 0.05) is 26.1 Å². The van der Waals surface area contributed by atoms with Crippen molar-refractivity contribution in [3.05, 3.63) is 46.8 Å². The van der Waals surface area contributed by atoms with Gasteiger partial charge in [0.1, 0.15) is 48.8 Å². The van der Waals surface area contributed by atoms with Crippen LogP contribution in [0.3, 0.4) is 0 Å². The van der Waals surface area contributed by atoms with Crippen LogP contribution in [0.2, 0.25) is 43.8 Å². The van der Waals surface area contributed by atoms with E-state index in [-0.39, 0.29) is 54.7 Å². The number of alkyl carbamates (subject to hydrolysis) is 1. The maximum atomic E-state index is 16.9. The minimum atomic E-state index is -4.33. The smallest absolute Gasteiger partial charge is 0.407 e. The predicted octanol–water partition coefficient (Wildman–Crippen LogP) is 5.73. The second-order valence-corrected chi connectivity index (χ2v) is 37.1. The van der Waals surface area contributed by atoms with Crippen LogP contribution in [0, 0.1) is 0 Å². The molecule has 3 aliphatic heterocycles. The molecule has 4 aliphatic rings. The molecule has 398 valence electrons. The monoisotopic (exact) mass is 1120 g/mol. The Morgan fingerprint density at radius 2 is 1.58 bits per heavy atom. The Morgan fingerprint density at radius 1 is 0.889 bits per heavy atom. The lowest BCUT2D eigenvalue weighted by Gasteiger charge is -2.40. The zero-order chi connectivity index (χ0) is 52.0. The van der Waals surface area contributed by atoms with Crippen LogP contribution in [0.4, 0.5) is 9.18 Å². The molecular weight excluding hydrogens is 1050 g/mol. The fourth-order valence-electron chi connectivity index (χ4n) is 8.63. The molecule has 0 aromatic carbocycles. The van der Waals surface area contributed by atoms with Crippen molar-refractivity contribution >= 4 is 87.5 Å². The van der Waals surface area contributed by atoms with Crippen LogP contribution in [0.1, 0.15) is 63.7 Å². The number of fused-ring (bicyclic) bond motifs is 4. The lowest BCUT2D eigenvalue weighted by Crippen LogP contribution is -2.50. The van der Waals surface area contributed by atoms with Crippen molar-refractivity contribution in [2.24, 2.45) is 0 Å². The minimum absolute atomic E-state index is 0.0325. The summed E-state index contributed by atoms with van der Waals surface area (Å²) in [5.74, 6) is -0.248. The molecule has 22 nitrogen and oxygen atoms in total. The molecule has 0 saturated carbocycles. The van der Waals surface area contributed by atoms with Crippen molar-refractivity contribution < 1.29 is 65.2 Å². The molecule has 0 spiro atoms. The van der Waals surface area contributed by atoms with Gasteiger partial charge in [-0.25, -0.2) is 29.1 Å². The largest absolute Gasteiger partial charge is 0.450 e. The number of nitrogens with zero attached hydrogens (tertiary/aromatic N) is 7. The molecule has 3 fully saturated rings. The number of nitrogens with one attached hydrogen (secondary N) is 1. The Labute approximate surface area is 428 Å². The maximum Gasteiger partial charge on any atom is 0.407 e. The van der Waals surface area contributed by atoms with Crippen molar-refractivity contribution in [2.75, 3.05) is 39.6 Å². The fourth-order valence-corrected chi connectivity index (χ4v) is 13.5. The molecule has 7 heterocycles. The number of imidazole rings is 1. The molecule has 8 rings (SSSR count). The molecule has 1 amide bonds. The van der Waals surface area contributed by atoms with Crippen LogP contribution >= 0.6 is 13.4 Å². The minimum Gasteiger partial charge on any atom is -0.450 e. The van der Waals surface area contributed by atoms with Gasteiger partial charge in [-0.05, 0) is 79.0 Å². The molecule has 3 saturated heterocycles. The summed E-state index contributed by atoms with van der Waals surface area (Å²) >= 11 is 11.2. The number of aryl methyl sites for hydroxylation is 2. The number of ether oxygens (including phenoxy) is 4. The molecule has 3 N–H and O–H groups in total. The van der Waals surface area contributed by atoms with Gasteiger partial charge < -0.3 is 52.1 Å². The van der Waals surface area contributed by atoms with Gasteiger partial charge in [-0.3, -0.25) is 27.8 Å². The summed E-state index contributed by atoms with van der Waals surface area (Å²) in [5, 5.41) is 2.96. The summed E-state index contributed by atoms with van der Waals surface area (Å²) in [5.41, 5.74) is 1.86. The summed E-state index contributed by atoms with van der Waals surface area (Å²) in [6.07, 6.45) is -2.04. The van der Waals surface area contributed by atoms with Crippen molar-refractivity contribution in [3.63, 3.8) is 0 Å².